The van der Waals surface area contributed by atoms with E-state index in [2.05, 4.69) is 68.5 Å². The maximum absolute atomic E-state index is 11.2. The Bertz CT molecular complexity index is 1880. The third kappa shape index (κ3) is 8.05. The highest BCUT2D eigenvalue weighted by molar-refractivity contribution is 5.96. The van der Waals surface area contributed by atoms with Crippen LogP contribution in [0.5, 0.6) is 0 Å². The largest absolute Gasteiger partial charge is 0.383 e. The Balaban J connectivity index is 0.000000205. The Morgan fingerprint density at radius 2 is 1.33 bits per heavy atom. The average Bonchev–Trinajstić information content (AvgIpc) is 2.95. The monoisotopic (exact) mass is 623 g/mol. The normalized spacial score (nSPS) is 10.3. The van der Waals surface area contributed by atoms with Crippen LogP contribution >= 0.6 is 0 Å². The first-order chi connectivity index (χ1) is 21.7. The van der Waals surface area contributed by atoms with Crippen molar-refractivity contribution in [1.82, 2.24) is 29.9 Å². The van der Waals surface area contributed by atoms with Crippen LogP contribution in [0.3, 0.4) is 0 Å². The summed E-state index contributed by atoms with van der Waals surface area (Å²) in [6.45, 7) is 13.6. The van der Waals surface area contributed by atoms with Crippen molar-refractivity contribution in [1.29, 1.82) is 0 Å². The molecule has 0 spiro atoms. The molecule has 0 aliphatic heterocycles. The highest BCUT2D eigenvalue weighted by Gasteiger charge is 2.12. The Morgan fingerprint density at radius 1 is 0.739 bits per heavy atom. The van der Waals surface area contributed by atoms with Gasteiger partial charge in [0, 0.05) is 36.6 Å². The minimum atomic E-state index is 0.0439. The molecule has 0 saturated heterocycles. The van der Waals surface area contributed by atoms with Crippen LogP contribution in [0.25, 0.3) is 22.3 Å². The number of hydrogen-bond acceptors (Lipinski definition) is 13. The highest BCUT2D eigenvalue weighted by atomic mass is 16.1. The van der Waals surface area contributed by atoms with Gasteiger partial charge in [0.25, 0.3) is 0 Å². The van der Waals surface area contributed by atoms with E-state index in [4.69, 9.17) is 22.2 Å². The van der Waals surface area contributed by atoms with Crippen LogP contribution in [-0.2, 0) is 0 Å². The lowest BCUT2D eigenvalue weighted by Crippen LogP contribution is -2.08. The molecular weight excluding hydrogens is 582 g/mol. The van der Waals surface area contributed by atoms with Crippen LogP contribution in [0.2, 0.25) is 0 Å². The van der Waals surface area contributed by atoms with Gasteiger partial charge >= 0.3 is 0 Å². The summed E-state index contributed by atoms with van der Waals surface area (Å²) in [4.78, 5) is 46.4. The molecule has 0 aliphatic carbocycles. The molecule has 46 heavy (non-hydrogen) atoms. The molecule has 4 aromatic heterocycles. The number of benzene rings is 1. The molecule has 0 radical (unpaired) electrons. The molecule has 5 rings (SSSR count). The molecule has 0 fully saturated rings. The van der Waals surface area contributed by atoms with Crippen molar-refractivity contribution < 1.29 is 9.59 Å². The lowest BCUT2D eigenvalue weighted by Gasteiger charge is -2.12. The highest BCUT2D eigenvalue weighted by Crippen LogP contribution is 2.29. The first kappa shape index (κ1) is 34.8. The average molecular weight is 624 g/mol. The number of nitrogens with one attached hydrogen (secondary N) is 2. The fraction of sp³-hybridized carbons (Fsp3) is 0.273. The summed E-state index contributed by atoms with van der Waals surface area (Å²) in [6.07, 6.45) is 0.584. The maximum Gasteiger partial charge on any atom is 0.224 e. The summed E-state index contributed by atoms with van der Waals surface area (Å²) in [6, 6.07) is 10.3. The molecule has 4 heterocycles. The first-order valence-corrected chi connectivity index (χ1v) is 14.4. The van der Waals surface area contributed by atoms with E-state index in [-0.39, 0.29) is 29.1 Å². The number of hydrogen-bond donors (Lipinski definition) is 5. The van der Waals surface area contributed by atoms with Gasteiger partial charge < -0.3 is 27.8 Å². The number of rotatable bonds is 5. The van der Waals surface area contributed by atoms with E-state index in [1.54, 1.807) is 14.0 Å². The van der Waals surface area contributed by atoms with Gasteiger partial charge in [0.2, 0.25) is 11.9 Å². The first-order valence-electron chi connectivity index (χ1n) is 14.4. The van der Waals surface area contributed by atoms with Crippen molar-refractivity contribution >= 4 is 52.5 Å². The Labute approximate surface area is 268 Å². The number of nitrogens with zero attached hydrogens (tertiary/aromatic N) is 6. The number of ketones is 1. The summed E-state index contributed by atoms with van der Waals surface area (Å²) in [7, 11) is 3.43. The van der Waals surface area contributed by atoms with Crippen LogP contribution < -0.4 is 27.8 Å². The van der Waals surface area contributed by atoms with Crippen molar-refractivity contribution in [2.24, 2.45) is 0 Å². The van der Waals surface area contributed by atoms with Gasteiger partial charge in [-0.1, -0.05) is 17.7 Å². The SMILES string of the molecule is CC(=O)c1c(C)cc(C)nc1C.CNc1nc(N)nc(N)c1C=O.CNc1nc(N)nc2nc(-c3c(C)cc(C)cc3C)ccc12. The molecule has 13 nitrogen and oxygen atoms in total. The Kier molecular flexibility index (Phi) is 11.2. The predicted molar refractivity (Wildman–Crippen MR) is 185 cm³/mol. The molecule has 5 aromatic rings. The van der Waals surface area contributed by atoms with Gasteiger partial charge in [0.05, 0.1) is 16.6 Å². The smallest absolute Gasteiger partial charge is 0.224 e. The standard InChI is InChI=1S/C17H19N5.C10H13NO.C6H9N5O/c1-9-7-10(2)14(11(3)8-9)13-6-5-12-15(19-4)21-17(18)22-16(12)20-13;1-6-5-7(2)11-8(3)10(6)9(4)12;1-9-5-3(2-12)4(7)10-6(8)11-5/h5-8H,1-4H3,(H3,18,19,20,21,22);5H,1-4H3;2H,1H3,(H5,7,8,9,10,11). The zero-order chi connectivity index (χ0) is 34.3. The molecular formula is C33H41N11O2. The van der Waals surface area contributed by atoms with E-state index < -0.39 is 0 Å². The number of fused-ring (bicyclic) bond motifs is 1. The minimum absolute atomic E-state index is 0.0439. The van der Waals surface area contributed by atoms with Crippen LogP contribution in [0, 0.1) is 41.5 Å². The maximum atomic E-state index is 11.2. The second kappa shape index (κ2) is 14.8. The van der Waals surface area contributed by atoms with Gasteiger partial charge in [-0.05, 0) is 83.4 Å². The van der Waals surface area contributed by atoms with Gasteiger partial charge in [-0.15, -0.1) is 0 Å². The molecule has 0 amide bonds. The Morgan fingerprint density at radius 3 is 1.87 bits per heavy atom. The van der Waals surface area contributed by atoms with Crippen molar-refractivity contribution in [3.8, 4) is 11.3 Å². The minimum Gasteiger partial charge on any atom is -0.383 e. The molecule has 1 aromatic carbocycles. The summed E-state index contributed by atoms with van der Waals surface area (Å²) >= 11 is 0. The number of nitrogen functional groups attached to an aromatic ring is 3. The van der Waals surface area contributed by atoms with E-state index in [1.807, 2.05) is 46.0 Å². The molecule has 0 saturated carbocycles. The number of carbonyl (C=O) groups excluding carboxylic acids is 2. The van der Waals surface area contributed by atoms with E-state index in [0.717, 1.165) is 39.2 Å². The third-order valence-electron chi connectivity index (χ3n) is 6.97. The van der Waals surface area contributed by atoms with Crippen molar-refractivity contribution in [2.45, 2.75) is 48.5 Å². The fourth-order valence-corrected chi connectivity index (χ4v) is 5.31. The number of carbonyl (C=O) groups is 2. The number of Topliss-reactive ketones (excluding diaryl/α,β-unsaturated/α-hetero) is 1. The number of aryl methyl sites for hydroxylation is 6. The number of nitrogens with two attached hydrogens (primary N) is 3. The van der Waals surface area contributed by atoms with Crippen LogP contribution in [-0.4, -0.2) is 56.1 Å². The van der Waals surface area contributed by atoms with E-state index in [1.165, 1.54) is 16.7 Å². The Hall–Kier alpha value is -5.72. The van der Waals surface area contributed by atoms with Gasteiger partial charge in [0.1, 0.15) is 17.5 Å². The number of aldehydes is 1. The van der Waals surface area contributed by atoms with E-state index in [9.17, 15) is 9.59 Å². The van der Waals surface area contributed by atoms with Crippen LogP contribution in [0.4, 0.5) is 29.4 Å². The van der Waals surface area contributed by atoms with Gasteiger partial charge in [0.15, 0.2) is 17.7 Å². The van der Waals surface area contributed by atoms with Gasteiger partial charge in [-0.2, -0.15) is 19.9 Å². The van der Waals surface area contributed by atoms with Crippen molar-refractivity contribution in [3.63, 3.8) is 0 Å². The third-order valence-corrected chi connectivity index (χ3v) is 6.97. The van der Waals surface area contributed by atoms with Gasteiger partial charge in [-0.25, -0.2) is 4.98 Å². The van der Waals surface area contributed by atoms with Crippen LogP contribution in [0.1, 0.15) is 61.3 Å². The molecule has 0 unspecified atom stereocenters. The number of aromatic nitrogens is 6. The zero-order valence-electron chi connectivity index (χ0n) is 27.7. The summed E-state index contributed by atoms with van der Waals surface area (Å²) in [5.41, 5.74) is 26.6. The lowest BCUT2D eigenvalue weighted by atomic mass is 9.97. The second-order valence-corrected chi connectivity index (χ2v) is 10.7. The lowest BCUT2D eigenvalue weighted by molar-refractivity contribution is 0.101. The van der Waals surface area contributed by atoms with Crippen LogP contribution in [0.15, 0.2) is 30.3 Å². The van der Waals surface area contributed by atoms with Crippen molar-refractivity contribution in [3.05, 3.63) is 75.1 Å². The van der Waals surface area contributed by atoms with Gasteiger partial charge in [-0.3, -0.25) is 14.6 Å². The topological polar surface area (TPSA) is 214 Å². The van der Waals surface area contributed by atoms with E-state index >= 15 is 0 Å². The van der Waals surface area contributed by atoms with Crippen molar-refractivity contribution in [2.75, 3.05) is 41.9 Å². The number of anilines is 5. The van der Waals surface area contributed by atoms with E-state index in [0.29, 0.717) is 23.6 Å². The second-order valence-electron chi connectivity index (χ2n) is 10.7. The molecule has 13 heteroatoms. The zero-order valence-corrected chi connectivity index (χ0v) is 27.7. The molecule has 0 bridgehead atoms. The predicted octanol–water partition coefficient (Wildman–Crippen LogP) is 4.95. The summed E-state index contributed by atoms with van der Waals surface area (Å²) in [5, 5.41) is 6.58. The molecule has 0 atom stereocenters. The number of pyridine rings is 2. The summed E-state index contributed by atoms with van der Waals surface area (Å²) in [5.74, 6) is 1.48. The summed E-state index contributed by atoms with van der Waals surface area (Å²) < 4.78 is 0. The quantitative estimate of drug-likeness (QED) is 0.130. The molecule has 0 aliphatic rings. The molecule has 8 N–H and O–H groups in total. The fourth-order valence-electron chi connectivity index (χ4n) is 5.31. The molecule has 240 valence electrons.